The highest BCUT2D eigenvalue weighted by molar-refractivity contribution is 6.14. The number of carbonyl (C=O) groups is 2. The molecule has 2 heterocycles. The Morgan fingerprint density at radius 3 is 2.50 bits per heavy atom. The number of hydrogen-bond acceptors (Lipinski definition) is 8. The summed E-state index contributed by atoms with van der Waals surface area (Å²) < 4.78 is 9.66. The summed E-state index contributed by atoms with van der Waals surface area (Å²) in [7, 11) is 0. The van der Waals surface area contributed by atoms with Gasteiger partial charge in [-0.15, -0.1) is 0 Å². The number of H-pyrrole nitrogens is 1. The van der Waals surface area contributed by atoms with E-state index in [0.717, 1.165) is 0 Å². The zero-order valence-corrected chi connectivity index (χ0v) is 12.1. The van der Waals surface area contributed by atoms with E-state index >= 15 is 0 Å². The van der Waals surface area contributed by atoms with Crippen LogP contribution in [0.3, 0.4) is 0 Å². The number of imidazole rings is 1. The van der Waals surface area contributed by atoms with Crippen molar-refractivity contribution in [1.29, 1.82) is 0 Å². The molecule has 2 aromatic heterocycles. The topological polar surface area (TPSA) is 119 Å². The number of esters is 2. The Hall–Kier alpha value is -2.97. The summed E-state index contributed by atoms with van der Waals surface area (Å²) in [6, 6.07) is 0. The van der Waals surface area contributed by atoms with Crippen molar-refractivity contribution in [1.82, 2.24) is 19.9 Å². The third-order valence-electron chi connectivity index (χ3n) is 2.56. The Morgan fingerprint density at radius 1 is 1.18 bits per heavy atom. The first-order valence-electron chi connectivity index (χ1n) is 6.62. The normalized spacial score (nSPS) is 10.1. The maximum Gasteiger partial charge on any atom is 0.347 e. The van der Waals surface area contributed by atoms with Crippen LogP contribution in [0.15, 0.2) is 24.4 Å². The van der Waals surface area contributed by atoms with E-state index in [2.05, 4.69) is 25.3 Å². The van der Waals surface area contributed by atoms with Crippen LogP contribution in [-0.2, 0) is 19.1 Å². The van der Waals surface area contributed by atoms with E-state index in [-0.39, 0.29) is 18.8 Å². The lowest BCUT2D eigenvalue weighted by Crippen LogP contribution is -2.19. The van der Waals surface area contributed by atoms with E-state index in [9.17, 15) is 9.59 Å². The van der Waals surface area contributed by atoms with E-state index in [0.29, 0.717) is 17.0 Å². The number of aromatic amines is 1. The Balaban J connectivity index is 2.27. The fraction of sp³-hybridized carbons (Fsp3) is 0.308. The van der Waals surface area contributed by atoms with Gasteiger partial charge in [-0.3, -0.25) is 0 Å². The number of anilines is 1. The van der Waals surface area contributed by atoms with Crippen molar-refractivity contribution in [2.75, 3.05) is 18.5 Å². The average molecular weight is 305 g/mol. The van der Waals surface area contributed by atoms with Crippen molar-refractivity contribution >= 4 is 28.9 Å². The van der Waals surface area contributed by atoms with Crippen LogP contribution in [0.4, 0.5) is 5.82 Å². The van der Waals surface area contributed by atoms with Crippen LogP contribution in [-0.4, -0.2) is 45.1 Å². The molecule has 2 N–H and O–H groups in total. The summed E-state index contributed by atoms with van der Waals surface area (Å²) >= 11 is 0. The standard InChI is InChI=1S/C13H15N5O4/c1-3-21-12(19)8(13(20)22-4-2)5-14-10-9-11(16-6-15-9)18-7-17-10/h5-7H,3-4H2,1-2H3,(H2,14,15,16,17,18). The van der Waals surface area contributed by atoms with Gasteiger partial charge in [-0.25, -0.2) is 24.5 Å². The van der Waals surface area contributed by atoms with Gasteiger partial charge in [0.15, 0.2) is 22.6 Å². The summed E-state index contributed by atoms with van der Waals surface area (Å²) in [5.41, 5.74) is 0.747. The van der Waals surface area contributed by atoms with Gasteiger partial charge in [0.05, 0.1) is 19.5 Å². The van der Waals surface area contributed by atoms with Gasteiger partial charge in [-0.1, -0.05) is 0 Å². The Kier molecular flexibility index (Phi) is 5.02. The zero-order chi connectivity index (χ0) is 15.9. The number of rotatable bonds is 6. The van der Waals surface area contributed by atoms with Gasteiger partial charge < -0.3 is 19.8 Å². The highest BCUT2D eigenvalue weighted by atomic mass is 16.6. The van der Waals surface area contributed by atoms with Gasteiger partial charge in [-0.05, 0) is 13.8 Å². The van der Waals surface area contributed by atoms with E-state index in [1.165, 1.54) is 18.9 Å². The highest BCUT2D eigenvalue weighted by Crippen LogP contribution is 2.15. The molecule has 0 saturated heterocycles. The lowest BCUT2D eigenvalue weighted by molar-refractivity contribution is -0.146. The Labute approximate surface area is 125 Å². The average Bonchev–Trinajstić information content (AvgIpc) is 2.97. The van der Waals surface area contributed by atoms with Crippen LogP contribution >= 0.6 is 0 Å². The summed E-state index contributed by atoms with van der Waals surface area (Å²) in [5.74, 6) is -1.21. The predicted molar refractivity (Wildman–Crippen MR) is 76.7 cm³/mol. The third-order valence-corrected chi connectivity index (χ3v) is 2.56. The molecule has 0 atom stereocenters. The molecule has 2 rings (SSSR count). The van der Waals surface area contributed by atoms with Gasteiger partial charge >= 0.3 is 11.9 Å². The van der Waals surface area contributed by atoms with E-state index in [1.807, 2.05) is 0 Å². The van der Waals surface area contributed by atoms with E-state index in [4.69, 9.17) is 9.47 Å². The van der Waals surface area contributed by atoms with Crippen LogP contribution in [0.25, 0.3) is 11.2 Å². The molecular weight excluding hydrogens is 290 g/mol. The minimum Gasteiger partial charge on any atom is -0.462 e. The smallest absolute Gasteiger partial charge is 0.347 e. The number of hydrogen-bond donors (Lipinski definition) is 2. The lowest BCUT2D eigenvalue weighted by atomic mass is 10.3. The summed E-state index contributed by atoms with van der Waals surface area (Å²) in [6.07, 6.45) is 3.98. The molecule has 0 aliphatic carbocycles. The molecule has 0 amide bonds. The van der Waals surface area contributed by atoms with E-state index < -0.39 is 11.9 Å². The maximum absolute atomic E-state index is 11.8. The van der Waals surface area contributed by atoms with Crippen LogP contribution < -0.4 is 5.32 Å². The number of carbonyl (C=O) groups excluding carboxylic acids is 2. The van der Waals surface area contributed by atoms with E-state index in [1.54, 1.807) is 13.8 Å². The Bertz CT molecular complexity index is 689. The minimum absolute atomic E-state index is 0.146. The largest absolute Gasteiger partial charge is 0.462 e. The second-order valence-electron chi connectivity index (χ2n) is 3.97. The minimum atomic E-state index is -0.777. The van der Waals surface area contributed by atoms with Crippen molar-refractivity contribution in [2.24, 2.45) is 0 Å². The molecule has 116 valence electrons. The van der Waals surface area contributed by atoms with Gasteiger partial charge in [0.25, 0.3) is 0 Å². The van der Waals surface area contributed by atoms with Crippen LogP contribution in [0.2, 0.25) is 0 Å². The molecule has 0 aliphatic rings. The first kappa shape index (κ1) is 15.4. The fourth-order valence-electron chi connectivity index (χ4n) is 1.63. The molecule has 0 unspecified atom stereocenters. The molecule has 0 aromatic carbocycles. The molecule has 0 fully saturated rings. The van der Waals surface area contributed by atoms with Gasteiger partial charge in [-0.2, -0.15) is 0 Å². The second-order valence-corrected chi connectivity index (χ2v) is 3.97. The highest BCUT2D eigenvalue weighted by Gasteiger charge is 2.21. The second kappa shape index (κ2) is 7.16. The summed E-state index contributed by atoms with van der Waals surface area (Å²) in [6.45, 7) is 3.58. The Morgan fingerprint density at radius 2 is 1.86 bits per heavy atom. The molecule has 22 heavy (non-hydrogen) atoms. The first-order valence-corrected chi connectivity index (χ1v) is 6.62. The molecule has 2 aromatic rings. The predicted octanol–water partition coefficient (Wildman–Crippen LogP) is 0.775. The number of ether oxygens (including phenoxy) is 2. The molecule has 9 heteroatoms. The maximum atomic E-state index is 11.8. The zero-order valence-electron chi connectivity index (χ0n) is 12.1. The SMILES string of the molecule is CCOC(=O)C(=CNc1ncnc2[nH]cnc12)C(=O)OCC. The number of fused-ring (bicyclic) bond motifs is 1. The molecule has 0 aliphatic heterocycles. The third kappa shape index (κ3) is 3.37. The number of aromatic nitrogens is 4. The van der Waals surface area contributed by atoms with Crippen molar-refractivity contribution in [3.05, 3.63) is 24.4 Å². The number of nitrogens with one attached hydrogen (secondary N) is 2. The van der Waals surface area contributed by atoms with Crippen LogP contribution in [0, 0.1) is 0 Å². The monoisotopic (exact) mass is 305 g/mol. The molecule has 0 saturated carbocycles. The van der Waals surface area contributed by atoms with Crippen molar-refractivity contribution in [3.63, 3.8) is 0 Å². The van der Waals surface area contributed by atoms with Crippen molar-refractivity contribution in [2.45, 2.75) is 13.8 Å². The van der Waals surface area contributed by atoms with Crippen molar-refractivity contribution in [3.8, 4) is 0 Å². The van der Waals surface area contributed by atoms with Crippen molar-refractivity contribution < 1.29 is 19.1 Å². The molecule has 0 spiro atoms. The molecule has 9 nitrogen and oxygen atoms in total. The van der Waals surface area contributed by atoms with Crippen LogP contribution in [0.5, 0.6) is 0 Å². The quantitative estimate of drug-likeness (QED) is 0.348. The summed E-state index contributed by atoms with van der Waals surface area (Å²) in [4.78, 5) is 38.5. The number of nitrogens with zero attached hydrogens (tertiary/aromatic N) is 3. The van der Waals surface area contributed by atoms with Crippen LogP contribution in [0.1, 0.15) is 13.8 Å². The molecule has 0 radical (unpaired) electrons. The first-order chi connectivity index (χ1) is 10.7. The summed E-state index contributed by atoms with van der Waals surface area (Å²) in [5, 5.41) is 2.76. The van der Waals surface area contributed by atoms with Gasteiger partial charge in [0.1, 0.15) is 6.33 Å². The molecule has 0 bridgehead atoms. The molecular formula is C13H15N5O4. The van der Waals surface area contributed by atoms with Gasteiger partial charge in [0, 0.05) is 6.20 Å². The lowest BCUT2D eigenvalue weighted by Gasteiger charge is -2.07. The van der Waals surface area contributed by atoms with Gasteiger partial charge in [0.2, 0.25) is 0 Å². The fourth-order valence-corrected chi connectivity index (χ4v) is 1.63.